The van der Waals surface area contributed by atoms with Gasteiger partial charge < -0.3 is 56.5 Å². The SMILES string of the molecule is CSCC[C@H](NC(=O)N[C@@H](Cc1c[nH]c2ccccc12)C(=O)O)C(=O)N[C@H](C(=O)N/C=C1/C[C@@H](O)[C@H](n2ccc(=O)[nH]c2=O)O1)[C@H](C)N(C)C(=O)C1Cc2cc(O)ccc2CN1. The highest BCUT2D eigenvalue weighted by molar-refractivity contribution is 7.98. The van der Waals surface area contributed by atoms with Gasteiger partial charge in [0.1, 0.15) is 35.7 Å². The Morgan fingerprint density at radius 3 is 2.52 bits per heavy atom. The molecule has 7 atom stereocenters. The number of nitrogens with zero attached hydrogens (tertiary/aromatic N) is 2. The highest BCUT2D eigenvalue weighted by Gasteiger charge is 2.38. The van der Waals surface area contributed by atoms with Gasteiger partial charge in [-0.25, -0.2) is 14.4 Å². The Bertz CT molecular complexity index is 2470. The van der Waals surface area contributed by atoms with Crippen molar-refractivity contribution in [3.05, 3.63) is 110 Å². The number of para-hydroxylation sites is 1. The number of carboxylic acids is 1. The molecule has 2 aromatic carbocycles. The van der Waals surface area contributed by atoms with E-state index in [0.29, 0.717) is 17.9 Å². The van der Waals surface area contributed by atoms with Gasteiger partial charge in [0.2, 0.25) is 23.9 Å². The minimum absolute atomic E-state index is 0.0501. The van der Waals surface area contributed by atoms with Crippen LogP contribution in [0, 0.1) is 0 Å². The zero-order chi connectivity index (χ0) is 44.7. The molecule has 62 heavy (non-hydrogen) atoms. The predicted molar refractivity (Wildman–Crippen MR) is 227 cm³/mol. The van der Waals surface area contributed by atoms with Gasteiger partial charge in [0.15, 0.2) is 0 Å². The van der Waals surface area contributed by atoms with Crippen LogP contribution in [0.5, 0.6) is 5.75 Å². The monoisotopic (exact) mass is 875 g/mol. The number of carbonyl (C=O) groups is 5. The molecular weight excluding hydrogens is 827 g/mol. The summed E-state index contributed by atoms with van der Waals surface area (Å²) < 4.78 is 6.73. The van der Waals surface area contributed by atoms with E-state index in [1.165, 1.54) is 23.7 Å². The lowest BCUT2D eigenvalue weighted by Crippen LogP contribution is -2.62. The number of aliphatic carboxylic acids is 1. The molecule has 1 unspecified atom stereocenters. The van der Waals surface area contributed by atoms with Crippen molar-refractivity contribution in [2.45, 2.75) is 81.7 Å². The predicted octanol–water partition coefficient (Wildman–Crippen LogP) is 0.124. The molecule has 2 aliphatic rings. The minimum Gasteiger partial charge on any atom is -0.508 e. The summed E-state index contributed by atoms with van der Waals surface area (Å²) in [5.41, 5.74) is 1.66. The van der Waals surface area contributed by atoms with Crippen LogP contribution in [0.1, 0.15) is 42.7 Å². The first-order valence-electron chi connectivity index (χ1n) is 19.7. The van der Waals surface area contributed by atoms with Crippen LogP contribution in [0.3, 0.4) is 0 Å². The third-order valence-electron chi connectivity index (χ3n) is 10.9. The maximum atomic E-state index is 14.1. The Labute approximate surface area is 358 Å². The number of benzene rings is 2. The van der Waals surface area contributed by atoms with Crippen LogP contribution in [0.15, 0.2) is 82.5 Å². The molecule has 21 heteroatoms. The van der Waals surface area contributed by atoms with E-state index in [2.05, 4.69) is 36.6 Å². The number of carbonyl (C=O) groups excluding carboxylic acids is 4. The Morgan fingerprint density at radius 1 is 1.02 bits per heavy atom. The number of urea groups is 1. The second-order valence-electron chi connectivity index (χ2n) is 15.1. The molecule has 0 saturated carbocycles. The maximum absolute atomic E-state index is 14.1. The molecule has 2 aliphatic heterocycles. The average Bonchev–Trinajstić information content (AvgIpc) is 3.84. The highest BCUT2D eigenvalue weighted by Crippen LogP contribution is 2.30. The summed E-state index contributed by atoms with van der Waals surface area (Å²) in [6.07, 6.45) is 3.42. The fourth-order valence-corrected chi connectivity index (χ4v) is 7.85. The molecular formula is C41H49N9O11S. The van der Waals surface area contributed by atoms with Crippen molar-refractivity contribution in [2.24, 2.45) is 0 Å². The van der Waals surface area contributed by atoms with Crippen molar-refractivity contribution in [3.8, 4) is 5.75 Å². The molecule has 1 saturated heterocycles. The number of hydrogen-bond acceptors (Lipinski definition) is 12. The van der Waals surface area contributed by atoms with Gasteiger partial charge in [-0.15, -0.1) is 0 Å². The van der Waals surface area contributed by atoms with E-state index in [4.69, 9.17) is 4.74 Å². The lowest BCUT2D eigenvalue weighted by atomic mass is 9.94. The summed E-state index contributed by atoms with van der Waals surface area (Å²) in [5.74, 6) is -2.84. The number of H-pyrrole nitrogens is 2. The van der Waals surface area contributed by atoms with Gasteiger partial charge in [0, 0.05) is 62.0 Å². The molecule has 0 bridgehead atoms. The minimum atomic E-state index is -1.47. The smallest absolute Gasteiger partial charge is 0.331 e. The van der Waals surface area contributed by atoms with Crippen molar-refractivity contribution in [1.29, 1.82) is 0 Å². The van der Waals surface area contributed by atoms with Crippen LogP contribution in [0.2, 0.25) is 0 Å². The third-order valence-corrected chi connectivity index (χ3v) is 11.6. The van der Waals surface area contributed by atoms with Crippen molar-refractivity contribution >= 4 is 52.4 Å². The number of aliphatic hydroxyl groups excluding tert-OH is 1. The molecule has 6 rings (SSSR count). The second-order valence-corrected chi connectivity index (χ2v) is 16.1. The van der Waals surface area contributed by atoms with Crippen LogP contribution >= 0.6 is 11.8 Å². The van der Waals surface area contributed by atoms with E-state index in [-0.39, 0.29) is 37.2 Å². The van der Waals surface area contributed by atoms with Gasteiger partial charge >= 0.3 is 17.7 Å². The largest absolute Gasteiger partial charge is 0.508 e. The van der Waals surface area contributed by atoms with E-state index < -0.39 is 83.5 Å². The summed E-state index contributed by atoms with van der Waals surface area (Å²) in [6.45, 7) is 1.89. The number of aliphatic hydroxyl groups is 1. The summed E-state index contributed by atoms with van der Waals surface area (Å²) in [5, 5.41) is 45.0. The molecule has 1 fully saturated rings. The van der Waals surface area contributed by atoms with Crippen molar-refractivity contribution < 1.29 is 44.0 Å². The molecule has 0 radical (unpaired) electrons. The molecule has 5 amide bonds. The first-order chi connectivity index (χ1) is 29.6. The quantitative estimate of drug-likeness (QED) is 0.0717. The van der Waals surface area contributed by atoms with Crippen LogP contribution in [0.25, 0.3) is 10.9 Å². The summed E-state index contributed by atoms with van der Waals surface area (Å²) in [7, 11) is 1.47. The number of aromatic amines is 2. The molecule has 330 valence electrons. The normalized spacial score (nSPS) is 19.6. The number of likely N-dealkylation sites (N-methyl/N-ethyl adjacent to an activating group) is 1. The van der Waals surface area contributed by atoms with Crippen LogP contribution < -0.4 is 37.8 Å². The Hall–Kier alpha value is -6.58. The number of fused-ring (bicyclic) bond motifs is 2. The topological polar surface area (TPSA) is 289 Å². The fourth-order valence-electron chi connectivity index (χ4n) is 7.38. The Kier molecular flexibility index (Phi) is 14.4. The van der Waals surface area contributed by atoms with E-state index in [0.717, 1.165) is 45.1 Å². The fraction of sp³-hybridized carbons (Fsp3) is 0.390. The number of phenols is 1. The van der Waals surface area contributed by atoms with Crippen molar-refractivity contribution in [3.63, 3.8) is 0 Å². The number of aromatic nitrogens is 3. The third kappa shape index (κ3) is 10.6. The van der Waals surface area contributed by atoms with Crippen LogP contribution in [-0.4, -0.2) is 120 Å². The number of amides is 5. The number of thioether (sulfide) groups is 1. The van der Waals surface area contributed by atoms with Gasteiger partial charge in [0.05, 0.1) is 12.1 Å². The number of phenolic OH excluding ortho intramolecular Hbond substituents is 1. The standard InChI is InChI=1S/C41H49N9O11S/c1-21(49(2)37(56)30-15-23-14-25(51)9-8-22(23)18-43-30)34(36(55)44-20-26-17-32(52)38(61-26)50-12-10-33(53)47-41(50)60)48-35(54)29(11-13-62-3)45-40(59)46-31(39(57)58)16-24-19-42-28-7-5-4-6-27(24)28/h4-10,12,14,19-21,29-32,34,38,42-43,51-52H,11,13,15-18H2,1-3H3,(H,44,55)(H,48,54)(H,57,58)(H2,45,46,59)(H,47,53,60)/b26-20-/t21-,29-,30?,31-,32+,34-,38+/m0/s1. The molecule has 0 aliphatic carbocycles. The van der Waals surface area contributed by atoms with Crippen molar-refractivity contribution in [1.82, 2.24) is 46.0 Å². The molecule has 4 aromatic rings. The summed E-state index contributed by atoms with van der Waals surface area (Å²) in [6, 6.07) is 6.48. The summed E-state index contributed by atoms with van der Waals surface area (Å²) in [4.78, 5) is 98.3. The molecule has 10 N–H and O–H groups in total. The zero-order valence-corrected chi connectivity index (χ0v) is 34.9. The van der Waals surface area contributed by atoms with Crippen molar-refractivity contribution in [2.75, 3.05) is 19.1 Å². The number of aromatic hydroxyl groups is 1. The molecule has 2 aromatic heterocycles. The number of carboxylic acid groups (broad SMARTS) is 1. The van der Waals surface area contributed by atoms with Crippen LogP contribution in [-0.2, 0) is 43.3 Å². The maximum Gasteiger partial charge on any atom is 0.331 e. The first kappa shape index (κ1) is 45.0. The van der Waals surface area contributed by atoms with Gasteiger partial charge in [0.25, 0.3) is 5.56 Å². The van der Waals surface area contributed by atoms with E-state index in [1.807, 2.05) is 24.3 Å². The van der Waals surface area contributed by atoms with E-state index in [1.54, 1.807) is 37.6 Å². The Balaban J connectivity index is 1.20. The number of hydrogen-bond donors (Lipinski definition) is 10. The zero-order valence-electron chi connectivity index (χ0n) is 34.0. The number of nitrogens with one attached hydrogen (secondary N) is 7. The number of ether oxygens (including phenoxy) is 1. The average molecular weight is 876 g/mol. The molecule has 0 spiro atoms. The number of rotatable bonds is 16. The lowest BCUT2D eigenvalue weighted by molar-refractivity contribution is -0.139. The van der Waals surface area contributed by atoms with Gasteiger partial charge in [-0.05, 0) is 66.7 Å². The molecule has 4 heterocycles. The summed E-state index contributed by atoms with van der Waals surface area (Å²) >= 11 is 1.39. The van der Waals surface area contributed by atoms with Gasteiger partial charge in [-0.1, -0.05) is 24.3 Å². The van der Waals surface area contributed by atoms with Gasteiger partial charge in [-0.2, -0.15) is 11.8 Å². The lowest BCUT2D eigenvalue weighted by Gasteiger charge is -2.36. The second kappa shape index (κ2) is 19.9. The van der Waals surface area contributed by atoms with Crippen LogP contribution in [0.4, 0.5) is 4.79 Å². The molecule has 20 nitrogen and oxygen atoms in total. The first-order valence-corrected chi connectivity index (χ1v) is 21.1. The Morgan fingerprint density at radius 2 is 1.77 bits per heavy atom. The highest BCUT2D eigenvalue weighted by atomic mass is 32.2. The van der Waals surface area contributed by atoms with E-state index >= 15 is 0 Å². The van der Waals surface area contributed by atoms with E-state index in [9.17, 15) is 48.9 Å². The van der Waals surface area contributed by atoms with Gasteiger partial charge in [-0.3, -0.25) is 28.7 Å².